The molecule has 1 heterocycles. The fourth-order valence-electron chi connectivity index (χ4n) is 1.69. The average Bonchev–Trinajstić information content (AvgIpc) is 2.39. The third-order valence-corrected chi connectivity index (χ3v) is 2.62. The summed E-state index contributed by atoms with van der Waals surface area (Å²) in [6.45, 7) is 5.43. The monoisotopic (exact) mass is 242 g/mol. The van der Waals surface area contributed by atoms with Gasteiger partial charge in [-0.05, 0) is 43.7 Å². The minimum Gasteiger partial charge on any atom is -0.494 e. The molecule has 0 saturated carbocycles. The molecule has 94 valence electrons. The molecular weight excluding hydrogens is 224 g/mol. The first-order valence-electron chi connectivity index (χ1n) is 6.16. The van der Waals surface area contributed by atoms with Crippen LogP contribution in [0.3, 0.4) is 0 Å². The molecular formula is C15H18N2O. The van der Waals surface area contributed by atoms with E-state index < -0.39 is 0 Å². The van der Waals surface area contributed by atoms with Crippen LogP contribution in [-0.2, 0) is 6.54 Å². The molecule has 0 saturated heterocycles. The first-order chi connectivity index (χ1) is 8.78. The van der Waals surface area contributed by atoms with Crippen molar-refractivity contribution in [2.75, 3.05) is 11.9 Å². The molecule has 1 aromatic carbocycles. The van der Waals surface area contributed by atoms with E-state index in [-0.39, 0.29) is 0 Å². The Morgan fingerprint density at radius 2 is 2.11 bits per heavy atom. The maximum atomic E-state index is 5.47. The molecule has 18 heavy (non-hydrogen) atoms. The highest BCUT2D eigenvalue weighted by molar-refractivity contribution is 5.42. The molecule has 3 nitrogen and oxygen atoms in total. The van der Waals surface area contributed by atoms with Gasteiger partial charge < -0.3 is 10.1 Å². The summed E-state index contributed by atoms with van der Waals surface area (Å²) in [6, 6.07) is 12.2. The van der Waals surface area contributed by atoms with E-state index in [1.54, 1.807) is 0 Å². The smallest absolute Gasteiger partial charge is 0.119 e. The predicted molar refractivity (Wildman–Crippen MR) is 73.9 cm³/mol. The zero-order valence-corrected chi connectivity index (χ0v) is 10.8. The zero-order valence-electron chi connectivity index (χ0n) is 10.8. The van der Waals surface area contributed by atoms with E-state index in [1.165, 1.54) is 5.56 Å². The Morgan fingerprint density at radius 3 is 2.83 bits per heavy atom. The van der Waals surface area contributed by atoms with E-state index in [2.05, 4.69) is 22.4 Å². The number of rotatable bonds is 5. The topological polar surface area (TPSA) is 34.1 Å². The van der Waals surface area contributed by atoms with Crippen LogP contribution >= 0.6 is 0 Å². The Balaban J connectivity index is 1.97. The summed E-state index contributed by atoms with van der Waals surface area (Å²) in [5, 5.41) is 3.34. The standard InChI is InChI=1S/C15H18N2O/c1-3-18-15-6-4-5-13(9-15)10-17-14-8-7-12(2)16-11-14/h4-9,11,17H,3,10H2,1-2H3. The van der Waals surface area contributed by atoms with E-state index in [1.807, 2.05) is 44.3 Å². The largest absolute Gasteiger partial charge is 0.494 e. The molecule has 0 aliphatic heterocycles. The van der Waals surface area contributed by atoms with Crippen LogP contribution in [0.5, 0.6) is 5.75 Å². The summed E-state index contributed by atoms with van der Waals surface area (Å²) in [4.78, 5) is 4.25. The Labute approximate surface area is 108 Å². The Kier molecular flexibility index (Phi) is 4.18. The lowest BCUT2D eigenvalue weighted by Gasteiger charge is -2.08. The fourth-order valence-corrected chi connectivity index (χ4v) is 1.69. The molecule has 1 N–H and O–H groups in total. The summed E-state index contributed by atoms with van der Waals surface area (Å²) in [6.07, 6.45) is 1.85. The summed E-state index contributed by atoms with van der Waals surface area (Å²) in [5.74, 6) is 0.916. The van der Waals surface area contributed by atoms with Gasteiger partial charge in [0.05, 0.1) is 18.5 Å². The van der Waals surface area contributed by atoms with Crippen molar-refractivity contribution < 1.29 is 4.74 Å². The van der Waals surface area contributed by atoms with Gasteiger partial charge in [-0.3, -0.25) is 4.98 Å². The average molecular weight is 242 g/mol. The first-order valence-corrected chi connectivity index (χ1v) is 6.16. The lowest BCUT2D eigenvalue weighted by molar-refractivity contribution is 0.340. The Morgan fingerprint density at radius 1 is 1.22 bits per heavy atom. The number of hydrogen-bond acceptors (Lipinski definition) is 3. The minimum atomic E-state index is 0.693. The molecule has 2 rings (SSSR count). The van der Waals surface area contributed by atoms with Crippen molar-refractivity contribution in [1.82, 2.24) is 4.98 Å². The van der Waals surface area contributed by atoms with Gasteiger partial charge in [0, 0.05) is 12.2 Å². The van der Waals surface area contributed by atoms with Gasteiger partial charge in [0.25, 0.3) is 0 Å². The van der Waals surface area contributed by atoms with Crippen LogP contribution in [0.2, 0.25) is 0 Å². The lowest BCUT2D eigenvalue weighted by Crippen LogP contribution is -2.00. The predicted octanol–water partition coefficient (Wildman–Crippen LogP) is 3.40. The van der Waals surface area contributed by atoms with Gasteiger partial charge in [-0.1, -0.05) is 12.1 Å². The second kappa shape index (κ2) is 6.05. The quantitative estimate of drug-likeness (QED) is 0.872. The summed E-state index contributed by atoms with van der Waals surface area (Å²) in [5.41, 5.74) is 3.25. The highest BCUT2D eigenvalue weighted by Crippen LogP contribution is 2.15. The maximum Gasteiger partial charge on any atom is 0.119 e. The number of aromatic nitrogens is 1. The number of nitrogens with zero attached hydrogens (tertiary/aromatic N) is 1. The minimum absolute atomic E-state index is 0.693. The van der Waals surface area contributed by atoms with Gasteiger partial charge in [-0.25, -0.2) is 0 Å². The highest BCUT2D eigenvalue weighted by atomic mass is 16.5. The Bertz CT molecular complexity index is 494. The molecule has 1 aromatic heterocycles. The fraction of sp³-hybridized carbons (Fsp3) is 0.267. The Hall–Kier alpha value is -2.03. The summed E-state index contributed by atoms with van der Waals surface area (Å²) >= 11 is 0. The highest BCUT2D eigenvalue weighted by Gasteiger charge is 1.97. The molecule has 0 bridgehead atoms. The number of anilines is 1. The number of hydrogen-bond donors (Lipinski definition) is 1. The van der Waals surface area contributed by atoms with E-state index in [0.717, 1.165) is 23.7 Å². The molecule has 0 fully saturated rings. The number of ether oxygens (including phenoxy) is 1. The lowest BCUT2D eigenvalue weighted by atomic mass is 10.2. The molecule has 0 unspecified atom stereocenters. The van der Waals surface area contributed by atoms with Gasteiger partial charge in [0.15, 0.2) is 0 Å². The van der Waals surface area contributed by atoms with Crippen LogP contribution in [0.25, 0.3) is 0 Å². The van der Waals surface area contributed by atoms with Gasteiger partial charge >= 0.3 is 0 Å². The van der Waals surface area contributed by atoms with Gasteiger partial charge in [-0.2, -0.15) is 0 Å². The SMILES string of the molecule is CCOc1cccc(CNc2ccc(C)nc2)c1. The molecule has 0 spiro atoms. The molecule has 0 aliphatic carbocycles. The number of aryl methyl sites for hydroxylation is 1. The molecule has 0 aliphatic rings. The summed E-state index contributed by atoms with van der Waals surface area (Å²) in [7, 11) is 0. The number of benzene rings is 1. The van der Waals surface area contributed by atoms with Crippen LogP contribution in [0.4, 0.5) is 5.69 Å². The van der Waals surface area contributed by atoms with Crippen molar-refractivity contribution in [3.63, 3.8) is 0 Å². The van der Waals surface area contributed by atoms with E-state index >= 15 is 0 Å². The molecule has 0 radical (unpaired) electrons. The van der Waals surface area contributed by atoms with Crippen molar-refractivity contribution in [2.45, 2.75) is 20.4 Å². The maximum absolute atomic E-state index is 5.47. The first kappa shape index (κ1) is 12.4. The van der Waals surface area contributed by atoms with E-state index in [0.29, 0.717) is 6.61 Å². The van der Waals surface area contributed by atoms with Crippen molar-refractivity contribution in [3.8, 4) is 5.75 Å². The second-order valence-electron chi connectivity index (χ2n) is 4.12. The van der Waals surface area contributed by atoms with Crippen LogP contribution < -0.4 is 10.1 Å². The second-order valence-corrected chi connectivity index (χ2v) is 4.12. The zero-order chi connectivity index (χ0) is 12.8. The third-order valence-electron chi connectivity index (χ3n) is 2.62. The van der Waals surface area contributed by atoms with Crippen LogP contribution in [0.1, 0.15) is 18.2 Å². The number of nitrogens with one attached hydrogen (secondary N) is 1. The van der Waals surface area contributed by atoms with E-state index in [9.17, 15) is 0 Å². The number of pyridine rings is 1. The third kappa shape index (κ3) is 3.48. The van der Waals surface area contributed by atoms with E-state index in [4.69, 9.17) is 4.74 Å². The van der Waals surface area contributed by atoms with Gasteiger partial charge in [0.1, 0.15) is 5.75 Å². The van der Waals surface area contributed by atoms with Crippen LogP contribution in [0, 0.1) is 6.92 Å². The molecule has 0 amide bonds. The van der Waals surface area contributed by atoms with Crippen molar-refractivity contribution in [3.05, 3.63) is 53.9 Å². The van der Waals surface area contributed by atoms with Crippen molar-refractivity contribution in [2.24, 2.45) is 0 Å². The van der Waals surface area contributed by atoms with Crippen LogP contribution in [-0.4, -0.2) is 11.6 Å². The summed E-state index contributed by atoms with van der Waals surface area (Å²) < 4.78 is 5.47. The van der Waals surface area contributed by atoms with Gasteiger partial charge in [-0.15, -0.1) is 0 Å². The normalized spacial score (nSPS) is 10.1. The van der Waals surface area contributed by atoms with Crippen molar-refractivity contribution >= 4 is 5.69 Å². The van der Waals surface area contributed by atoms with Crippen molar-refractivity contribution in [1.29, 1.82) is 0 Å². The van der Waals surface area contributed by atoms with Crippen LogP contribution in [0.15, 0.2) is 42.6 Å². The molecule has 3 heteroatoms. The van der Waals surface area contributed by atoms with Gasteiger partial charge in [0.2, 0.25) is 0 Å². The molecule has 2 aromatic rings. The molecule has 0 atom stereocenters.